The molecule has 1 atom stereocenters. The summed E-state index contributed by atoms with van der Waals surface area (Å²) in [6, 6.07) is 1.89. The number of nitrogens with zero attached hydrogens (tertiary/aromatic N) is 3. The molecule has 0 aromatic carbocycles. The van der Waals surface area contributed by atoms with E-state index in [1.807, 2.05) is 17.9 Å². The Morgan fingerprint density at radius 1 is 1.60 bits per heavy atom. The van der Waals surface area contributed by atoms with Gasteiger partial charge in [-0.15, -0.1) is 11.3 Å². The lowest BCUT2D eigenvalue weighted by Gasteiger charge is -2.15. The highest BCUT2D eigenvalue weighted by atomic mass is 32.1. The molecule has 1 amide bonds. The van der Waals surface area contributed by atoms with Crippen LogP contribution in [-0.4, -0.2) is 41.1 Å². The Labute approximate surface area is 120 Å². The third-order valence-electron chi connectivity index (χ3n) is 3.45. The number of hydrogen-bond donors (Lipinski definition) is 0. The van der Waals surface area contributed by atoms with Crippen LogP contribution in [-0.2, 0) is 0 Å². The van der Waals surface area contributed by atoms with Crippen LogP contribution < -0.4 is 4.74 Å². The van der Waals surface area contributed by atoms with E-state index in [4.69, 9.17) is 9.26 Å². The van der Waals surface area contributed by atoms with Crippen LogP contribution in [0.4, 0.5) is 0 Å². The zero-order valence-corrected chi connectivity index (χ0v) is 12.1. The van der Waals surface area contributed by atoms with Gasteiger partial charge in [0.1, 0.15) is 10.6 Å². The van der Waals surface area contributed by atoms with Crippen molar-refractivity contribution in [2.24, 2.45) is 0 Å². The predicted octanol–water partition coefficient (Wildman–Crippen LogP) is 2.08. The Bertz CT molecular complexity index is 608. The molecule has 2 aromatic heterocycles. The van der Waals surface area contributed by atoms with E-state index in [2.05, 4.69) is 10.1 Å². The third-order valence-corrected chi connectivity index (χ3v) is 4.47. The van der Waals surface area contributed by atoms with Crippen LogP contribution in [0.5, 0.6) is 5.75 Å². The Balaban J connectivity index is 1.75. The van der Waals surface area contributed by atoms with Gasteiger partial charge >= 0.3 is 0 Å². The normalized spacial score (nSPS) is 18.5. The van der Waals surface area contributed by atoms with E-state index in [1.54, 1.807) is 7.11 Å². The first-order valence-electron chi connectivity index (χ1n) is 6.39. The van der Waals surface area contributed by atoms with Gasteiger partial charge in [-0.1, -0.05) is 5.16 Å². The Morgan fingerprint density at radius 2 is 2.45 bits per heavy atom. The first-order valence-corrected chi connectivity index (χ1v) is 7.20. The fourth-order valence-corrected chi connectivity index (χ4v) is 3.40. The fourth-order valence-electron chi connectivity index (χ4n) is 2.45. The van der Waals surface area contributed by atoms with E-state index >= 15 is 0 Å². The van der Waals surface area contributed by atoms with Crippen molar-refractivity contribution in [1.29, 1.82) is 0 Å². The van der Waals surface area contributed by atoms with Gasteiger partial charge in [0.2, 0.25) is 6.39 Å². The molecule has 1 aliphatic heterocycles. The predicted molar refractivity (Wildman–Crippen MR) is 73.2 cm³/mol. The van der Waals surface area contributed by atoms with Crippen molar-refractivity contribution in [2.75, 3.05) is 20.2 Å². The molecule has 1 saturated heterocycles. The molecule has 2 aromatic rings. The molecule has 6 nitrogen and oxygen atoms in total. The molecule has 0 spiro atoms. The number of aryl methyl sites for hydroxylation is 1. The average Bonchev–Trinajstić information content (AvgIpc) is 3.17. The maximum absolute atomic E-state index is 12.5. The molecule has 3 heterocycles. The number of carbonyl (C=O) groups is 1. The van der Waals surface area contributed by atoms with Gasteiger partial charge in [-0.2, -0.15) is 4.98 Å². The molecule has 0 radical (unpaired) electrons. The van der Waals surface area contributed by atoms with Crippen molar-refractivity contribution in [3.05, 3.63) is 28.0 Å². The van der Waals surface area contributed by atoms with Gasteiger partial charge in [-0.25, -0.2) is 0 Å². The van der Waals surface area contributed by atoms with Crippen LogP contribution in [0.25, 0.3) is 0 Å². The Hall–Kier alpha value is -1.89. The fraction of sp³-hybridized carbons (Fsp3) is 0.462. The van der Waals surface area contributed by atoms with Gasteiger partial charge < -0.3 is 14.2 Å². The molecule has 0 bridgehead atoms. The molecular formula is C13H15N3O3S. The molecule has 0 saturated carbocycles. The number of likely N-dealkylation sites (tertiary alicyclic amines) is 1. The highest BCUT2D eigenvalue weighted by molar-refractivity contribution is 7.14. The number of amides is 1. The number of ether oxygens (including phenoxy) is 1. The summed E-state index contributed by atoms with van der Waals surface area (Å²) >= 11 is 1.47. The van der Waals surface area contributed by atoms with E-state index in [9.17, 15) is 4.79 Å². The second-order valence-corrected chi connectivity index (χ2v) is 6.04. The first kappa shape index (κ1) is 13.1. The molecule has 0 aliphatic carbocycles. The van der Waals surface area contributed by atoms with Crippen molar-refractivity contribution in [3.8, 4) is 5.75 Å². The van der Waals surface area contributed by atoms with Gasteiger partial charge in [0.05, 0.1) is 7.11 Å². The maximum Gasteiger partial charge on any atom is 0.267 e. The molecule has 3 rings (SSSR count). The molecular weight excluding hydrogens is 278 g/mol. The lowest BCUT2D eigenvalue weighted by molar-refractivity contribution is 0.0792. The molecule has 1 aliphatic rings. The lowest BCUT2D eigenvalue weighted by atomic mass is 10.1. The summed E-state index contributed by atoms with van der Waals surface area (Å²) in [5.74, 6) is 1.51. The number of thiophene rings is 1. The highest BCUT2D eigenvalue weighted by Gasteiger charge is 2.32. The Kier molecular flexibility index (Phi) is 3.43. The van der Waals surface area contributed by atoms with Crippen LogP contribution in [0.2, 0.25) is 0 Å². The van der Waals surface area contributed by atoms with Gasteiger partial charge in [0.15, 0.2) is 5.82 Å². The van der Waals surface area contributed by atoms with E-state index in [-0.39, 0.29) is 11.8 Å². The molecule has 1 fully saturated rings. The number of rotatable bonds is 3. The minimum absolute atomic E-state index is 0.0194. The summed E-state index contributed by atoms with van der Waals surface area (Å²) in [6.07, 6.45) is 2.18. The Morgan fingerprint density at radius 3 is 3.15 bits per heavy atom. The van der Waals surface area contributed by atoms with Crippen molar-refractivity contribution in [2.45, 2.75) is 19.3 Å². The molecule has 1 unspecified atom stereocenters. The average molecular weight is 293 g/mol. The van der Waals surface area contributed by atoms with E-state index in [0.717, 1.165) is 11.3 Å². The first-order chi connectivity index (χ1) is 9.69. The van der Waals surface area contributed by atoms with Gasteiger partial charge in [-0.05, 0) is 19.4 Å². The maximum atomic E-state index is 12.5. The van der Waals surface area contributed by atoms with Gasteiger partial charge in [0.25, 0.3) is 5.91 Å². The molecule has 106 valence electrons. The summed E-state index contributed by atoms with van der Waals surface area (Å²) in [5.41, 5.74) is 0. The standard InChI is InChI=1S/C13H15N3O3S/c1-8-5-10(18-2)11(20-8)13(17)16-4-3-9(6-16)12-14-7-19-15-12/h5,7,9H,3-4,6H2,1-2H3. The van der Waals surface area contributed by atoms with Crippen LogP contribution in [0.1, 0.15) is 32.7 Å². The number of methoxy groups -OCH3 is 1. The summed E-state index contributed by atoms with van der Waals surface area (Å²) in [5, 5.41) is 3.86. The molecule has 20 heavy (non-hydrogen) atoms. The van der Waals surface area contributed by atoms with E-state index in [1.165, 1.54) is 17.7 Å². The number of aromatic nitrogens is 2. The van der Waals surface area contributed by atoms with Crippen molar-refractivity contribution < 1.29 is 14.1 Å². The van der Waals surface area contributed by atoms with Crippen molar-refractivity contribution in [3.63, 3.8) is 0 Å². The molecule has 7 heteroatoms. The minimum atomic E-state index is 0.0194. The largest absolute Gasteiger partial charge is 0.495 e. The quantitative estimate of drug-likeness (QED) is 0.866. The second-order valence-electron chi connectivity index (χ2n) is 4.78. The topological polar surface area (TPSA) is 68.5 Å². The summed E-state index contributed by atoms with van der Waals surface area (Å²) in [4.78, 5) is 20.2. The van der Waals surface area contributed by atoms with E-state index < -0.39 is 0 Å². The summed E-state index contributed by atoms with van der Waals surface area (Å²) < 4.78 is 10.0. The van der Waals surface area contributed by atoms with Crippen LogP contribution in [0, 0.1) is 6.92 Å². The minimum Gasteiger partial charge on any atom is -0.495 e. The van der Waals surface area contributed by atoms with E-state index in [0.29, 0.717) is 29.5 Å². The smallest absolute Gasteiger partial charge is 0.267 e. The van der Waals surface area contributed by atoms with Crippen LogP contribution in [0.3, 0.4) is 0 Å². The van der Waals surface area contributed by atoms with Crippen LogP contribution >= 0.6 is 11.3 Å². The third kappa shape index (κ3) is 2.29. The number of hydrogen-bond acceptors (Lipinski definition) is 6. The molecule has 0 N–H and O–H groups in total. The van der Waals surface area contributed by atoms with Crippen LogP contribution in [0.15, 0.2) is 17.0 Å². The zero-order chi connectivity index (χ0) is 14.1. The highest BCUT2D eigenvalue weighted by Crippen LogP contribution is 2.32. The second kappa shape index (κ2) is 5.24. The van der Waals surface area contributed by atoms with Gasteiger partial charge in [0, 0.05) is 23.9 Å². The lowest BCUT2D eigenvalue weighted by Crippen LogP contribution is -2.28. The monoisotopic (exact) mass is 293 g/mol. The van der Waals surface area contributed by atoms with Crippen molar-refractivity contribution >= 4 is 17.2 Å². The van der Waals surface area contributed by atoms with Gasteiger partial charge in [-0.3, -0.25) is 4.79 Å². The zero-order valence-electron chi connectivity index (χ0n) is 11.3. The number of carbonyl (C=O) groups excluding carboxylic acids is 1. The SMILES string of the molecule is COc1cc(C)sc1C(=O)N1CCC(c2ncon2)C1. The summed E-state index contributed by atoms with van der Waals surface area (Å²) in [7, 11) is 1.59. The van der Waals surface area contributed by atoms with Crippen molar-refractivity contribution in [1.82, 2.24) is 15.0 Å². The summed E-state index contributed by atoms with van der Waals surface area (Å²) in [6.45, 7) is 3.30.